The molecule has 0 amide bonds. The summed E-state index contributed by atoms with van der Waals surface area (Å²) in [5.74, 6) is 0.228. The van der Waals surface area contributed by atoms with Gasteiger partial charge in [-0.15, -0.1) is 0 Å². The number of pyridine rings is 1. The number of aromatic nitrogens is 1. The maximum Gasteiger partial charge on any atom is 0.337 e. The second kappa shape index (κ2) is 6.24. The van der Waals surface area contributed by atoms with Gasteiger partial charge in [-0.25, -0.2) is 9.78 Å². The average molecular weight is 283 g/mol. The van der Waals surface area contributed by atoms with Gasteiger partial charge in [0, 0.05) is 12.2 Å². The van der Waals surface area contributed by atoms with Crippen LogP contribution in [0.1, 0.15) is 49.4 Å². The Balaban J connectivity index is 2.10. The van der Waals surface area contributed by atoms with Crippen LogP contribution in [0.4, 0.5) is 5.82 Å². The van der Waals surface area contributed by atoms with Crippen molar-refractivity contribution >= 4 is 23.4 Å². The SMILES string of the molecule is CC1CCCC(Nc2nccc(C(=O)O)c2Cl)CC1. The normalized spacial score (nSPS) is 23.7. The smallest absolute Gasteiger partial charge is 0.337 e. The summed E-state index contributed by atoms with van der Waals surface area (Å²) >= 11 is 6.09. The molecule has 1 aliphatic carbocycles. The van der Waals surface area contributed by atoms with Crippen molar-refractivity contribution in [1.82, 2.24) is 4.98 Å². The number of rotatable bonds is 3. The van der Waals surface area contributed by atoms with Crippen molar-refractivity contribution in [2.24, 2.45) is 5.92 Å². The number of carboxylic acids is 1. The second-order valence-corrected chi connectivity index (χ2v) is 5.66. The Bertz CT molecular complexity index is 465. The largest absolute Gasteiger partial charge is 0.478 e. The van der Waals surface area contributed by atoms with Gasteiger partial charge >= 0.3 is 5.97 Å². The number of halogens is 1. The van der Waals surface area contributed by atoms with Crippen LogP contribution >= 0.6 is 11.6 Å². The first-order chi connectivity index (χ1) is 9.08. The number of carbonyl (C=O) groups is 1. The number of anilines is 1. The summed E-state index contributed by atoms with van der Waals surface area (Å²) in [6.07, 6.45) is 7.28. The van der Waals surface area contributed by atoms with Crippen LogP contribution in [0, 0.1) is 5.92 Å². The van der Waals surface area contributed by atoms with Crippen molar-refractivity contribution in [2.45, 2.75) is 45.1 Å². The van der Waals surface area contributed by atoms with Crippen molar-refractivity contribution in [3.05, 3.63) is 22.8 Å². The fourth-order valence-corrected chi connectivity index (χ4v) is 2.78. The van der Waals surface area contributed by atoms with Crippen LogP contribution in [-0.2, 0) is 0 Å². The number of hydrogen-bond acceptors (Lipinski definition) is 3. The van der Waals surface area contributed by atoms with Gasteiger partial charge in [-0.2, -0.15) is 0 Å². The highest BCUT2D eigenvalue weighted by Gasteiger charge is 2.19. The van der Waals surface area contributed by atoms with Gasteiger partial charge in [0.1, 0.15) is 5.82 Å². The monoisotopic (exact) mass is 282 g/mol. The molecule has 1 aliphatic rings. The minimum Gasteiger partial charge on any atom is -0.478 e. The first-order valence-corrected chi connectivity index (χ1v) is 7.10. The maximum absolute atomic E-state index is 11.0. The molecule has 1 aromatic rings. The Hall–Kier alpha value is -1.29. The first kappa shape index (κ1) is 14.1. The maximum atomic E-state index is 11.0. The lowest BCUT2D eigenvalue weighted by atomic mass is 10.0. The fraction of sp³-hybridized carbons (Fsp3) is 0.571. The Morgan fingerprint density at radius 2 is 2.21 bits per heavy atom. The van der Waals surface area contributed by atoms with Gasteiger partial charge in [-0.3, -0.25) is 0 Å². The Morgan fingerprint density at radius 3 is 2.95 bits per heavy atom. The molecule has 1 heterocycles. The van der Waals surface area contributed by atoms with Crippen molar-refractivity contribution in [2.75, 3.05) is 5.32 Å². The van der Waals surface area contributed by atoms with E-state index in [2.05, 4.69) is 17.2 Å². The molecule has 1 aromatic heterocycles. The van der Waals surface area contributed by atoms with E-state index in [1.54, 1.807) is 0 Å². The highest BCUT2D eigenvalue weighted by molar-refractivity contribution is 6.35. The van der Waals surface area contributed by atoms with Crippen molar-refractivity contribution in [1.29, 1.82) is 0 Å². The second-order valence-electron chi connectivity index (χ2n) is 5.28. The van der Waals surface area contributed by atoms with E-state index in [1.807, 2.05) is 0 Å². The topological polar surface area (TPSA) is 62.2 Å². The number of nitrogens with one attached hydrogen (secondary N) is 1. The van der Waals surface area contributed by atoms with Crippen LogP contribution in [0.25, 0.3) is 0 Å². The zero-order valence-electron chi connectivity index (χ0n) is 11.0. The lowest BCUT2D eigenvalue weighted by Gasteiger charge is -2.18. The van der Waals surface area contributed by atoms with E-state index in [1.165, 1.54) is 31.5 Å². The van der Waals surface area contributed by atoms with E-state index in [9.17, 15) is 4.79 Å². The summed E-state index contributed by atoms with van der Waals surface area (Å²) in [7, 11) is 0. The highest BCUT2D eigenvalue weighted by Crippen LogP contribution is 2.28. The number of hydrogen-bond donors (Lipinski definition) is 2. The minimum atomic E-state index is -1.02. The summed E-state index contributed by atoms with van der Waals surface area (Å²) in [6, 6.07) is 1.75. The molecule has 0 spiro atoms. The summed E-state index contributed by atoms with van der Waals surface area (Å²) in [4.78, 5) is 15.2. The molecule has 104 valence electrons. The highest BCUT2D eigenvalue weighted by atomic mass is 35.5. The zero-order valence-corrected chi connectivity index (χ0v) is 11.8. The summed E-state index contributed by atoms with van der Waals surface area (Å²) in [5.41, 5.74) is 0.0983. The third-order valence-corrected chi connectivity index (χ3v) is 4.10. The van der Waals surface area contributed by atoms with E-state index in [-0.39, 0.29) is 10.6 Å². The van der Waals surface area contributed by atoms with Crippen LogP contribution in [0.15, 0.2) is 12.3 Å². The molecule has 0 saturated heterocycles. The van der Waals surface area contributed by atoms with Gasteiger partial charge in [0.15, 0.2) is 0 Å². The predicted octanol–water partition coefficient (Wildman–Crippen LogP) is 3.81. The summed E-state index contributed by atoms with van der Waals surface area (Å²) < 4.78 is 0. The molecule has 2 rings (SSSR count). The van der Waals surface area contributed by atoms with Gasteiger partial charge in [-0.1, -0.05) is 31.4 Å². The minimum absolute atomic E-state index is 0.0983. The van der Waals surface area contributed by atoms with Crippen LogP contribution in [0.5, 0.6) is 0 Å². The van der Waals surface area contributed by atoms with Gasteiger partial charge in [0.2, 0.25) is 0 Å². The third-order valence-electron chi connectivity index (χ3n) is 3.72. The number of aromatic carboxylic acids is 1. The first-order valence-electron chi connectivity index (χ1n) is 6.72. The van der Waals surface area contributed by atoms with Gasteiger partial charge < -0.3 is 10.4 Å². The van der Waals surface area contributed by atoms with E-state index >= 15 is 0 Å². The molecule has 4 nitrogen and oxygen atoms in total. The van der Waals surface area contributed by atoms with E-state index in [0.717, 1.165) is 18.8 Å². The summed E-state index contributed by atoms with van der Waals surface area (Å²) in [6.45, 7) is 2.28. The summed E-state index contributed by atoms with van der Waals surface area (Å²) in [5, 5.41) is 12.5. The molecule has 19 heavy (non-hydrogen) atoms. The van der Waals surface area contributed by atoms with Gasteiger partial charge in [-0.05, 0) is 31.2 Å². The molecule has 2 N–H and O–H groups in total. The van der Waals surface area contributed by atoms with Crippen LogP contribution in [0.2, 0.25) is 5.02 Å². The van der Waals surface area contributed by atoms with Crippen molar-refractivity contribution < 1.29 is 9.90 Å². The van der Waals surface area contributed by atoms with E-state index < -0.39 is 5.97 Å². The molecule has 0 bridgehead atoms. The number of nitrogens with zero attached hydrogens (tertiary/aromatic N) is 1. The fourth-order valence-electron chi connectivity index (χ4n) is 2.53. The number of carboxylic acid groups (broad SMARTS) is 1. The molecule has 0 radical (unpaired) electrons. The molecular formula is C14H19ClN2O2. The van der Waals surface area contributed by atoms with Crippen LogP contribution in [-0.4, -0.2) is 22.1 Å². The van der Waals surface area contributed by atoms with Crippen LogP contribution in [0.3, 0.4) is 0 Å². The molecule has 0 aromatic carbocycles. The predicted molar refractivity (Wildman–Crippen MR) is 75.9 cm³/mol. The zero-order chi connectivity index (χ0) is 13.8. The van der Waals surface area contributed by atoms with Crippen LogP contribution < -0.4 is 5.32 Å². The molecule has 0 aliphatic heterocycles. The van der Waals surface area contributed by atoms with E-state index in [0.29, 0.717) is 11.9 Å². The molecule has 1 fully saturated rings. The lowest BCUT2D eigenvalue weighted by molar-refractivity contribution is 0.0697. The molecule has 2 unspecified atom stereocenters. The quantitative estimate of drug-likeness (QED) is 0.828. The Labute approximate surface area is 118 Å². The molecule has 5 heteroatoms. The lowest BCUT2D eigenvalue weighted by Crippen LogP contribution is -2.20. The van der Waals surface area contributed by atoms with Gasteiger partial charge in [0.05, 0.1) is 10.6 Å². The molecule has 1 saturated carbocycles. The van der Waals surface area contributed by atoms with Crippen molar-refractivity contribution in [3.8, 4) is 0 Å². The van der Waals surface area contributed by atoms with Crippen molar-refractivity contribution in [3.63, 3.8) is 0 Å². The third kappa shape index (κ3) is 3.60. The molecule has 2 atom stereocenters. The standard InChI is InChI=1S/C14H19ClN2O2/c1-9-3-2-4-10(6-5-9)17-13-12(15)11(14(18)19)7-8-16-13/h7-10H,2-6H2,1H3,(H,16,17)(H,18,19). The Kier molecular flexibility index (Phi) is 4.64. The average Bonchev–Trinajstić information content (AvgIpc) is 2.57. The Morgan fingerprint density at radius 1 is 1.42 bits per heavy atom. The molecular weight excluding hydrogens is 264 g/mol. The van der Waals surface area contributed by atoms with Gasteiger partial charge in [0.25, 0.3) is 0 Å². The van der Waals surface area contributed by atoms with E-state index in [4.69, 9.17) is 16.7 Å².